The lowest BCUT2D eigenvalue weighted by molar-refractivity contribution is 1.19. The lowest BCUT2D eigenvalue weighted by Gasteiger charge is -2.30. The van der Waals surface area contributed by atoms with Crippen LogP contribution in [0.3, 0.4) is 0 Å². The van der Waals surface area contributed by atoms with E-state index >= 15 is 0 Å². The van der Waals surface area contributed by atoms with Gasteiger partial charge in [0.1, 0.15) is 0 Å². The summed E-state index contributed by atoms with van der Waals surface area (Å²) in [5.74, 6) is 0. The topological polar surface area (TPSA) is 0 Å². The number of hydrogen-bond donors (Lipinski definition) is 0. The Hall–Kier alpha value is -0.563. The second kappa shape index (κ2) is 4.79. The van der Waals surface area contributed by atoms with Crippen molar-refractivity contribution in [3.05, 3.63) is 36.8 Å². The molecule has 0 heterocycles. The van der Waals surface area contributed by atoms with Gasteiger partial charge in [-0.3, -0.25) is 0 Å². The van der Waals surface area contributed by atoms with Gasteiger partial charge in [-0.15, -0.1) is 0 Å². The number of hydrogen-bond acceptors (Lipinski definition) is 0. The van der Waals surface area contributed by atoms with E-state index in [0.29, 0.717) is 0 Å². The van der Waals surface area contributed by atoms with Gasteiger partial charge in [-0.05, 0) is 12.5 Å². The molecule has 0 spiro atoms. The van der Waals surface area contributed by atoms with Gasteiger partial charge < -0.3 is 0 Å². The molecule has 0 amide bonds. The van der Waals surface area contributed by atoms with E-state index in [1.165, 1.54) is 23.7 Å². The summed E-state index contributed by atoms with van der Waals surface area (Å²) in [5.41, 5.74) is 1.25. The minimum absolute atomic E-state index is 1.20. The predicted molar refractivity (Wildman–Crippen MR) is 67.7 cm³/mol. The maximum absolute atomic E-state index is 4.17. The molecule has 0 aliphatic carbocycles. The SMILES string of the molecule is [CH2]c1ccccc1[Si](CC)(CC)CC. The molecule has 1 rings (SSSR count). The van der Waals surface area contributed by atoms with Crippen LogP contribution >= 0.6 is 0 Å². The second-order valence-electron chi connectivity index (χ2n) is 4.00. The quantitative estimate of drug-likeness (QED) is 0.659. The molecule has 1 radical (unpaired) electrons. The van der Waals surface area contributed by atoms with Crippen LogP contribution < -0.4 is 5.19 Å². The standard InChI is InChI=1S/C13H21Si/c1-5-14(6-2,7-3)13-11-9-8-10-12(13)4/h8-11H,4-7H2,1-3H3. The second-order valence-corrected chi connectivity index (χ2v) is 9.22. The molecular weight excluding hydrogens is 184 g/mol. The monoisotopic (exact) mass is 205 g/mol. The molecule has 0 aromatic heterocycles. The van der Waals surface area contributed by atoms with Crippen molar-refractivity contribution in [2.75, 3.05) is 0 Å². The van der Waals surface area contributed by atoms with Crippen molar-refractivity contribution < 1.29 is 0 Å². The summed E-state index contributed by atoms with van der Waals surface area (Å²) in [7, 11) is -1.20. The maximum Gasteiger partial charge on any atom is 0.0862 e. The molecule has 1 aromatic carbocycles. The summed E-state index contributed by atoms with van der Waals surface area (Å²) in [6.45, 7) is 11.2. The van der Waals surface area contributed by atoms with Crippen LogP contribution in [0, 0.1) is 6.92 Å². The molecule has 77 valence electrons. The fraction of sp³-hybridized carbons (Fsp3) is 0.462. The normalized spacial score (nSPS) is 11.7. The Morgan fingerprint density at radius 1 is 1.00 bits per heavy atom. The van der Waals surface area contributed by atoms with Gasteiger partial charge in [-0.1, -0.05) is 68.4 Å². The summed E-state index contributed by atoms with van der Waals surface area (Å²) >= 11 is 0. The lowest BCUT2D eigenvalue weighted by Crippen LogP contribution is -2.47. The van der Waals surface area contributed by atoms with Crippen LogP contribution in [0.1, 0.15) is 26.3 Å². The Morgan fingerprint density at radius 3 is 1.93 bits per heavy atom. The summed E-state index contributed by atoms with van der Waals surface area (Å²) in [6.07, 6.45) is 0. The third kappa shape index (κ3) is 1.93. The van der Waals surface area contributed by atoms with Crippen LogP contribution in [0.15, 0.2) is 24.3 Å². The van der Waals surface area contributed by atoms with Gasteiger partial charge in [0.25, 0.3) is 0 Å². The van der Waals surface area contributed by atoms with Crippen molar-refractivity contribution in [2.24, 2.45) is 0 Å². The zero-order chi connectivity index (χ0) is 10.6. The van der Waals surface area contributed by atoms with Crippen molar-refractivity contribution >= 4 is 13.3 Å². The Morgan fingerprint density at radius 2 is 1.50 bits per heavy atom. The molecule has 0 saturated heterocycles. The Labute approximate surface area is 89.4 Å². The van der Waals surface area contributed by atoms with E-state index in [-0.39, 0.29) is 0 Å². The molecule has 0 bridgehead atoms. The summed E-state index contributed by atoms with van der Waals surface area (Å²) < 4.78 is 0. The van der Waals surface area contributed by atoms with Gasteiger partial charge in [-0.25, -0.2) is 0 Å². The molecule has 1 aromatic rings. The van der Waals surface area contributed by atoms with E-state index in [1.807, 2.05) is 0 Å². The minimum Gasteiger partial charge on any atom is -0.0675 e. The van der Waals surface area contributed by atoms with Crippen molar-refractivity contribution in [1.29, 1.82) is 0 Å². The van der Waals surface area contributed by atoms with Crippen molar-refractivity contribution in [3.63, 3.8) is 0 Å². The highest BCUT2D eigenvalue weighted by Crippen LogP contribution is 2.21. The van der Waals surface area contributed by atoms with Crippen LogP contribution in [-0.2, 0) is 0 Å². The highest BCUT2D eigenvalue weighted by molar-refractivity contribution is 6.92. The molecule has 0 nitrogen and oxygen atoms in total. The molecular formula is C13H21Si. The zero-order valence-electron chi connectivity index (χ0n) is 9.64. The smallest absolute Gasteiger partial charge is 0.0675 e. The molecule has 0 atom stereocenters. The Bertz CT molecular complexity index is 279. The van der Waals surface area contributed by atoms with E-state index in [1.54, 1.807) is 5.19 Å². The van der Waals surface area contributed by atoms with Gasteiger partial charge in [-0.2, -0.15) is 0 Å². The van der Waals surface area contributed by atoms with E-state index in [2.05, 4.69) is 52.0 Å². The summed E-state index contributed by atoms with van der Waals surface area (Å²) in [6, 6.07) is 12.7. The summed E-state index contributed by atoms with van der Waals surface area (Å²) in [4.78, 5) is 0. The predicted octanol–water partition coefficient (Wildman–Crippen LogP) is 3.58. The highest BCUT2D eigenvalue weighted by Gasteiger charge is 2.29. The Balaban J connectivity index is 3.17. The minimum atomic E-state index is -1.20. The van der Waals surface area contributed by atoms with Gasteiger partial charge in [0.15, 0.2) is 0 Å². The fourth-order valence-electron chi connectivity index (χ4n) is 2.36. The van der Waals surface area contributed by atoms with Crippen molar-refractivity contribution in [1.82, 2.24) is 0 Å². The largest absolute Gasteiger partial charge is 0.0862 e. The maximum atomic E-state index is 4.17. The average Bonchev–Trinajstić information content (AvgIpc) is 2.24. The van der Waals surface area contributed by atoms with Crippen LogP contribution in [0.5, 0.6) is 0 Å². The van der Waals surface area contributed by atoms with Crippen LogP contribution in [0.2, 0.25) is 18.1 Å². The first-order valence-electron chi connectivity index (χ1n) is 5.61. The molecule has 0 aliphatic rings. The first-order valence-corrected chi connectivity index (χ1v) is 8.23. The molecule has 0 saturated carbocycles. The van der Waals surface area contributed by atoms with E-state index in [0.717, 1.165) is 0 Å². The first-order chi connectivity index (χ1) is 6.70. The zero-order valence-corrected chi connectivity index (χ0v) is 10.6. The molecule has 1 heteroatoms. The van der Waals surface area contributed by atoms with E-state index in [4.69, 9.17) is 0 Å². The molecule has 14 heavy (non-hydrogen) atoms. The molecule has 0 aliphatic heterocycles. The third-order valence-electron chi connectivity index (χ3n) is 3.62. The number of rotatable bonds is 4. The van der Waals surface area contributed by atoms with E-state index in [9.17, 15) is 0 Å². The van der Waals surface area contributed by atoms with Crippen molar-refractivity contribution in [2.45, 2.75) is 38.9 Å². The number of benzene rings is 1. The Kier molecular flexibility index (Phi) is 3.94. The van der Waals surface area contributed by atoms with Crippen LogP contribution in [0.25, 0.3) is 0 Å². The first kappa shape index (κ1) is 11.5. The van der Waals surface area contributed by atoms with Gasteiger partial charge in [0.2, 0.25) is 0 Å². The molecule has 0 unspecified atom stereocenters. The molecule has 0 N–H and O–H groups in total. The van der Waals surface area contributed by atoms with Crippen molar-refractivity contribution in [3.8, 4) is 0 Å². The van der Waals surface area contributed by atoms with Crippen LogP contribution in [-0.4, -0.2) is 8.07 Å². The van der Waals surface area contributed by atoms with Gasteiger partial charge in [0, 0.05) is 0 Å². The fourth-order valence-corrected chi connectivity index (χ4v) is 6.22. The molecule has 0 fully saturated rings. The van der Waals surface area contributed by atoms with Gasteiger partial charge >= 0.3 is 0 Å². The van der Waals surface area contributed by atoms with Crippen LogP contribution in [0.4, 0.5) is 0 Å². The summed E-state index contributed by atoms with van der Waals surface area (Å²) in [5, 5.41) is 1.58. The highest BCUT2D eigenvalue weighted by atomic mass is 28.3. The lowest BCUT2D eigenvalue weighted by atomic mass is 10.2. The van der Waals surface area contributed by atoms with Gasteiger partial charge in [0.05, 0.1) is 8.07 Å². The third-order valence-corrected chi connectivity index (χ3v) is 9.31. The van der Waals surface area contributed by atoms with E-state index < -0.39 is 8.07 Å². The average molecular weight is 205 g/mol.